The van der Waals surface area contributed by atoms with Gasteiger partial charge in [-0.1, -0.05) is 48.9 Å². The van der Waals surface area contributed by atoms with E-state index in [2.05, 4.69) is 15.8 Å². The highest BCUT2D eigenvalue weighted by molar-refractivity contribution is 6.35. The standard InChI is InChI=1S/C19H20ClN3O3/c1-2-11-21-18(24)19(25)23-22-12-14-7-4-6-10-17(14)26-13-15-8-3-5-9-16(15)20/h3-10,12H,2,11,13H2,1H3,(H,21,24)(H,23,25)/b22-12-. The molecule has 26 heavy (non-hydrogen) atoms. The molecular weight excluding hydrogens is 354 g/mol. The van der Waals surface area contributed by atoms with Crippen molar-refractivity contribution < 1.29 is 14.3 Å². The largest absolute Gasteiger partial charge is 0.488 e. The number of ether oxygens (including phenoxy) is 1. The van der Waals surface area contributed by atoms with Gasteiger partial charge in [0.15, 0.2) is 0 Å². The minimum atomic E-state index is -0.816. The third-order valence-electron chi connectivity index (χ3n) is 3.37. The number of nitrogens with one attached hydrogen (secondary N) is 2. The van der Waals surface area contributed by atoms with Crippen molar-refractivity contribution in [3.05, 3.63) is 64.7 Å². The van der Waals surface area contributed by atoms with Gasteiger partial charge in [0.1, 0.15) is 12.4 Å². The number of carbonyl (C=O) groups is 2. The van der Waals surface area contributed by atoms with Crippen molar-refractivity contribution in [1.82, 2.24) is 10.7 Å². The Morgan fingerprint density at radius 3 is 2.62 bits per heavy atom. The molecule has 0 aromatic heterocycles. The molecule has 2 aromatic rings. The van der Waals surface area contributed by atoms with E-state index in [0.717, 1.165) is 12.0 Å². The third kappa shape index (κ3) is 5.89. The number of para-hydroxylation sites is 1. The summed E-state index contributed by atoms with van der Waals surface area (Å²) in [6.45, 7) is 2.64. The molecule has 0 radical (unpaired) electrons. The van der Waals surface area contributed by atoms with Crippen LogP contribution in [0.15, 0.2) is 53.6 Å². The first-order valence-corrected chi connectivity index (χ1v) is 8.56. The van der Waals surface area contributed by atoms with Crippen molar-refractivity contribution in [2.24, 2.45) is 5.10 Å². The molecule has 0 bridgehead atoms. The maximum absolute atomic E-state index is 11.6. The molecule has 0 aliphatic rings. The molecule has 7 heteroatoms. The van der Waals surface area contributed by atoms with Crippen molar-refractivity contribution in [2.75, 3.05) is 6.54 Å². The van der Waals surface area contributed by atoms with Crippen LogP contribution in [0.2, 0.25) is 5.02 Å². The Labute approximate surface area is 157 Å². The second kappa shape index (κ2) is 10.2. The van der Waals surface area contributed by atoms with E-state index in [1.807, 2.05) is 37.3 Å². The molecule has 0 fully saturated rings. The summed E-state index contributed by atoms with van der Waals surface area (Å²) in [6, 6.07) is 14.6. The van der Waals surface area contributed by atoms with Gasteiger partial charge in [0.05, 0.1) is 6.21 Å². The van der Waals surface area contributed by atoms with Gasteiger partial charge in [0, 0.05) is 22.7 Å². The van der Waals surface area contributed by atoms with Gasteiger partial charge in [-0.25, -0.2) is 5.43 Å². The number of hydrogen-bond acceptors (Lipinski definition) is 4. The summed E-state index contributed by atoms with van der Waals surface area (Å²) in [5, 5.41) is 6.92. The molecule has 0 atom stereocenters. The van der Waals surface area contributed by atoms with Gasteiger partial charge < -0.3 is 10.1 Å². The molecule has 2 aromatic carbocycles. The zero-order valence-corrected chi connectivity index (χ0v) is 15.1. The second-order valence-corrected chi connectivity index (χ2v) is 5.78. The van der Waals surface area contributed by atoms with E-state index >= 15 is 0 Å². The van der Waals surface area contributed by atoms with Crippen LogP contribution in [0, 0.1) is 0 Å². The Balaban J connectivity index is 1.97. The Kier molecular flexibility index (Phi) is 7.64. The van der Waals surface area contributed by atoms with Crippen LogP contribution in [-0.4, -0.2) is 24.6 Å². The van der Waals surface area contributed by atoms with Crippen molar-refractivity contribution in [3.8, 4) is 5.75 Å². The number of nitrogens with zero attached hydrogens (tertiary/aromatic N) is 1. The van der Waals surface area contributed by atoms with E-state index < -0.39 is 11.8 Å². The van der Waals surface area contributed by atoms with Crippen molar-refractivity contribution in [1.29, 1.82) is 0 Å². The summed E-state index contributed by atoms with van der Waals surface area (Å²) in [4.78, 5) is 23.1. The lowest BCUT2D eigenvalue weighted by molar-refractivity contribution is -0.139. The molecule has 2 rings (SSSR count). The molecule has 0 spiro atoms. The van der Waals surface area contributed by atoms with E-state index in [0.29, 0.717) is 29.5 Å². The number of rotatable bonds is 7. The second-order valence-electron chi connectivity index (χ2n) is 5.37. The molecule has 0 heterocycles. The smallest absolute Gasteiger partial charge is 0.329 e. The minimum absolute atomic E-state index is 0.302. The summed E-state index contributed by atoms with van der Waals surface area (Å²) in [7, 11) is 0. The predicted octanol–water partition coefficient (Wildman–Crippen LogP) is 2.90. The number of amides is 2. The van der Waals surface area contributed by atoms with Crippen LogP contribution in [0.25, 0.3) is 0 Å². The Hall–Kier alpha value is -2.86. The summed E-state index contributed by atoms with van der Waals surface area (Å²) in [5.41, 5.74) is 3.72. The molecule has 2 N–H and O–H groups in total. The van der Waals surface area contributed by atoms with Gasteiger partial charge in [0.2, 0.25) is 0 Å². The summed E-state index contributed by atoms with van der Waals surface area (Å²) in [6.07, 6.45) is 2.17. The van der Waals surface area contributed by atoms with Crippen molar-refractivity contribution in [2.45, 2.75) is 20.0 Å². The average Bonchev–Trinajstić information content (AvgIpc) is 2.66. The first kappa shape index (κ1) is 19.5. The van der Waals surface area contributed by atoms with Crippen LogP contribution in [0.1, 0.15) is 24.5 Å². The van der Waals surface area contributed by atoms with Crippen LogP contribution < -0.4 is 15.5 Å². The molecule has 0 saturated heterocycles. The molecule has 2 amide bonds. The van der Waals surface area contributed by atoms with E-state index in [1.165, 1.54) is 6.21 Å². The summed E-state index contributed by atoms with van der Waals surface area (Å²) >= 11 is 6.12. The third-order valence-corrected chi connectivity index (χ3v) is 3.74. The molecule has 0 aliphatic carbocycles. The highest BCUT2D eigenvalue weighted by Crippen LogP contribution is 2.20. The lowest BCUT2D eigenvalue weighted by Crippen LogP contribution is -2.38. The Morgan fingerprint density at radius 2 is 1.85 bits per heavy atom. The molecule has 0 unspecified atom stereocenters. The fraction of sp³-hybridized carbons (Fsp3) is 0.211. The van der Waals surface area contributed by atoms with Crippen LogP contribution in [0.4, 0.5) is 0 Å². The first-order valence-electron chi connectivity index (χ1n) is 8.18. The van der Waals surface area contributed by atoms with Crippen LogP contribution in [0.5, 0.6) is 5.75 Å². The van der Waals surface area contributed by atoms with Gasteiger partial charge in [-0.2, -0.15) is 5.10 Å². The van der Waals surface area contributed by atoms with E-state index in [-0.39, 0.29) is 0 Å². The zero-order chi connectivity index (χ0) is 18.8. The van der Waals surface area contributed by atoms with Gasteiger partial charge in [0.25, 0.3) is 0 Å². The minimum Gasteiger partial charge on any atom is -0.488 e. The van der Waals surface area contributed by atoms with Gasteiger partial charge in [-0.3, -0.25) is 9.59 Å². The number of carbonyl (C=O) groups excluding carboxylic acids is 2. The van der Waals surface area contributed by atoms with Crippen molar-refractivity contribution >= 4 is 29.6 Å². The average molecular weight is 374 g/mol. The predicted molar refractivity (Wildman–Crippen MR) is 101 cm³/mol. The maximum atomic E-state index is 11.6. The maximum Gasteiger partial charge on any atom is 0.329 e. The first-order chi connectivity index (χ1) is 12.6. The molecule has 6 nitrogen and oxygen atoms in total. The highest BCUT2D eigenvalue weighted by Gasteiger charge is 2.11. The van der Waals surface area contributed by atoms with E-state index in [1.54, 1.807) is 18.2 Å². The number of benzene rings is 2. The lowest BCUT2D eigenvalue weighted by atomic mass is 10.2. The number of hydrazone groups is 1. The van der Waals surface area contributed by atoms with Gasteiger partial charge >= 0.3 is 11.8 Å². The molecular formula is C19H20ClN3O3. The fourth-order valence-electron chi connectivity index (χ4n) is 2.02. The van der Waals surface area contributed by atoms with E-state index in [4.69, 9.17) is 16.3 Å². The van der Waals surface area contributed by atoms with E-state index in [9.17, 15) is 9.59 Å². The summed E-state index contributed by atoms with van der Waals surface area (Å²) < 4.78 is 5.79. The Morgan fingerprint density at radius 1 is 1.12 bits per heavy atom. The summed E-state index contributed by atoms with van der Waals surface area (Å²) in [5.74, 6) is -0.947. The van der Waals surface area contributed by atoms with Crippen molar-refractivity contribution in [3.63, 3.8) is 0 Å². The normalized spacial score (nSPS) is 10.5. The van der Waals surface area contributed by atoms with Gasteiger partial charge in [-0.05, 0) is 24.6 Å². The topological polar surface area (TPSA) is 79.8 Å². The highest BCUT2D eigenvalue weighted by atomic mass is 35.5. The molecule has 136 valence electrons. The number of hydrogen-bond donors (Lipinski definition) is 2. The number of halogens is 1. The van der Waals surface area contributed by atoms with Crippen LogP contribution in [-0.2, 0) is 16.2 Å². The SMILES string of the molecule is CCCNC(=O)C(=O)N/N=C\c1ccccc1OCc1ccccc1Cl. The zero-order valence-electron chi connectivity index (χ0n) is 14.4. The van der Waals surface area contributed by atoms with Crippen LogP contribution in [0.3, 0.4) is 0 Å². The lowest BCUT2D eigenvalue weighted by Gasteiger charge is -2.10. The molecule has 0 aliphatic heterocycles. The molecule has 0 saturated carbocycles. The quantitative estimate of drug-likeness (QED) is 0.445. The fourth-order valence-corrected chi connectivity index (χ4v) is 2.21. The Bertz CT molecular complexity index is 793. The monoisotopic (exact) mass is 373 g/mol. The van der Waals surface area contributed by atoms with Gasteiger partial charge in [-0.15, -0.1) is 0 Å². The van der Waals surface area contributed by atoms with Crippen LogP contribution >= 0.6 is 11.6 Å².